The van der Waals surface area contributed by atoms with Gasteiger partial charge in [-0.15, -0.1) is 0 Å². The zero-order valence-electron chi connectivity index (χ0n) is 14.7. The fourth-order valence-corrected chi connectivity index (χ4v) is 3.32. The van der Waals surface area contributed by atoms with Crippen LogP contribution in [-0.2, 0) is 4.79 Å². The quantitative estimate of drug-likeness (QED) is 0.617. The summed E-state index contributed by atoms with van der Waals surface area (Å²) >= 11 is 1.31. The molecule has 2 rings (SSSR count). The van der Waals surface area contributed by atoms with Gasteiger partial charge in [-0.05, 0) is 38.3 Å². The maximum Gasteiger partial charge on any atom is 0.262 e. The lowest BCUT2D eigenvalue weighted by Gasteiger charge is -2.16. The van der Waals surface area contributed by atoms with Crippen LogP contribution < -0.4 is 10.9 Å². The zero-order valence-corrected chi connectivity index (χ0v) is 15.5. The number of carbonyl (C=O) groups is 1. The molecule has 0 fully saturated rings. The fourth-order valence-electron chi connectivity index (χ4n) is 2.36. The van der Waals surface area contributed by atoms with Crippen LogP contribution in [0.5, 0.6) is 0 Å². The summed E-state index contributed by atoms with van der Waals surface area (Å²) in [6.07, 6.45) is 0.960. The molecule has 1 aromatic carbocycles. The summed E-state index contributed by atoms with van der Waals surface area (Å²) in [4.78, 5) is 29.3. The summed E-state index contributed by atoms with van der Waals surface area (Å²) < 4.78 is 1.66. The van der Waals surface area contributed by atoms with Gasteiger partial charge in [0, 0.05) is 12.6 Å². The van der Waals surface area contributed by atoms with Crippen molar-refractivity contribution in [1.29, 1.82) is 0 Å². The van der Waals surface area contributed by atoms with E-state index in [4.69, 9.17) is 0 Å². The second-order valence-electron chi connectivity index (χ2n) is 6.50. The summed E-state index contributed by atoms with van der Waals surface area (Å²) in [7, 11) is 0. The van der Waals surface area contributed by atoms with Gasteiger partial charge in [-0.25, -0.2) is 4.98 Å². The Bertz CT molecular complexity index is 768. The van der Waals surface area contributed by atoms with E-state index in [1.54, 1.807) is 10.6 Å². The van der Waals surface area contributed by atoms with Crippen LogP contribution >= 0.6 is 11.8 Å². The molecule has 6 heteroatoms. The number of aromatic nitrogens is 2. The zero-order chi connectivity index (χ0) is 17.7. The van der Waals surface area contributed by atoms with Crippen LogP contribution in [0.15, 0.2) is 34.2 Å². The highest BCUT2D eigenvalue weighted by molar-refractivity contribution is 7.99. The van der Waals surface area contributed by atoms with E-state index in [0.717, 1.165) is 6.42 Å². The van der Waals surface area contributed by atoms with Crippen molar-refractivity contribution in [2.75, 3.05) is 12.3 Å². The van der Waals surface area contributed by atoms with Crippen molar-refractivity contribution in [3.8, 4) is 0 Å². The van der Waals surface area contributed by atoms with Gasteiger partial charge in [-0.3, -0.25) is 14.2 Å². The Balaban J connectivity index is 2.17. The molecule has 1 heterocycles. The molecule has 0 aliphatic rings. The third kappa shape index (κ3) is 4.60. The lowest BCUT2D eigenvalue weighted by atomic mass is 10.1. The molecule has 130 valence electrons. The number of benzene rings is 1. The third-order valence-electron chi connectivity index (χ3n) is 3.67. The molecular weight excluding hydrogens is 322 g/mol. The van der Waals surface area contributed by atoms with Crippen LogP contribution in [0.4, 0.5) is 0 Å². The van der Waals surface area contributed by atoms with E-state index in [0.29, 0.717) is 28.5 Å². The minimum atomic E-state index is -0.0571. The second-order valence-corrected chi connectivity index (χ2v) is 7.44. The molecule has 1 aromatic heterocycles. The maximum absolute atomic E-state index is 12.7. The summed E-state index contributed by atoms with van der Waals surface area (Å²) in [5.41, 5.74) is 0.612. The van der Waals surface area contributed by atoms with Crippen molar-refractivity contribution in [1.82, 2.24) is 14.9 Å². The van der Waals surface area contributed by atoms with Gasteiger partial charge in [0.25, 0.3) is 5.56 Å². The predicted molar refractivity (Wildman–Crippen MR) is 99.6 cm³/mol. The van der Waals surface area contributed by atoms with Gasteiger partial charge in [0.05, 0.1) is 16.7 Å². The number of fused-ring (bicyclic) bond motifs is 1. The minimum absolute atomic E-state index is 0.0129. The Morgan fingerprint density at radius 1 is 1.25 bits per heavy atom. The molecule has 1 N–H and O–H groups in total. The molecule has 0 unspecified atom stereocenters. The first-order valence-electron chi connectivity index (χ1n) is 8.31. The van der Waals surface area contributed by atoms with Crippen molar-refractivity contribution in [3.63, 3.8) is 0 Å². The first kappa shape index (κ1) is 18.5. The van der Waals surface area contributed by atoms with Crippen molar-refractivity contribution in [2.24, 2.45) is 5.92 Å². The van der Waals surface area contributed by atoms with Gasteiger partial charge in [0.1, 0.15) is 0 Å². The number of carbonyl (C=O) groups excluding carboxylic acids is 1. The number of nitrogens with zero attached hydrogens (tertiary/aromatic N) is 2. The summed E-state index contributed by atoms with van der Waals surface area (Å²) in [5, 5.41) is 4.11. The monoisotopic (exact) mass is 347 g/mol. The van der Waals surface area contributed by atoms with Crippen molar-refractivity contribution >= 4 is 28.6 Å². The summed E-state index contributed by atoms with van der Waals surface area (Å²) in [6, 6.07) is 7.30. The van der Waals surface area contributed by atoms with E-state index in [1.165, 1.54) is 11.8 Å². The molecule has 0 atom stereocenters. The van der Waals surface area contributed by atoms with Crippen LogP contribution in [0.1, 0.15) is 40.2 Å². The highest BCUT2D eigenvalue weighted by Crippen LogP contribution is 2.20. The van der Waals surface area contributed by atoms with Crippen LogP contribution in [0.2, 0.25) is 0 Å². The topological polar surface area (TPSA) is 64.0 Å². The van der Waals surface area contributed by atoms with Crippen LogP contribution in [0, 0.1) is 5.92 Å². The lowest BCUT2D eigenvalue weighted by Crippen LogP contribution is -2.28. The highest BCUT2D eigenvalue weighted by atomic mass is 32.2. The molecule has 0 aliphatic carbocycles. The van der Waals surface area contributed by atoms with E-state index in [9.17, 15) is 9.59 Å². The Kier molecular flexibility index (Phi) is 6.43. The van der Waals surface area contributed by atoms with E-state index < -0.39 is 0 Å². The van der Waals surface area contributed by atoms with Gasteiger partial charge >= 0.3 is 0 Å². The van der Waals surface area contributed by atoms with E-state index >= 15 is 0 Å². The first-order chi connectivity index (χ1) is 11.4. The number of para-hydroxylation sites is 1. The molecule has 1 amide bonds. The average molecular weight is 347 g/mol. The lowest BCUT2D eigenvalue weighted by molar-refractivity contribution is -0.118. The predicted octanol–water partition coefficient (Wildman–Crippen LogP) is 3.23. The standard InChI is InChI=1S/C18H25N3O2S/c1-12(2)9-10-19-16(22)11-24-18-20-15-8-6-5-7-14(15)17(23)21(18)13(3)4/h5-8,12-13H,9-11H2,1-4H3,(H,19,22). The van der Waals surface area contributed by atoms with Gasteiger partial charge in [0.15, 0.2) is 5.16 Å². The molecule has 0 saturated heterocycles. The smallest absolute Gasteiger partial charge is 0.262 e. The molecule has 24 heavy (non-hydrogen) atoms. The van der Waals surface area contributed by atoms with Crippen molar-refractivity contribution < 1.29 is 4.79 Å². The molecule has 0 spiro atoms. The normalized spacial score (nSPS) is 11.4. The molecule has 2 aromatic rings. The molecule has 0 saturated carbocycles. The number of nitrogens with one attached hydrogen (secondary N) is 1. The summed E-state index contributed by atoms with van der Waals surface area (Å²) in [6.45, 7) is 8.83. The largest absolute Gasteiger partial charge is 0.355 e. The number of amides is 1. The Labute approximate surface area is 146 Å². The van der Waals surface area contributed by atoms with Crippen molar-refractivity contribution in [3.05, 3.63) is 34.6 Å². The van der Waals surface area contributed by atoms with Crippen LogP contribution in [-0.4, -0.2) is 27.8 Å². The Morgan fingerprint density at radius 3 is 2.62 bits per heavy atom. The summed E-state index contributed by atoms with van der Waals surface area (Å²) in [5.74, 6) is 0.792. The van der Waals surface area contributed by atoms with Gasteiger partial charge in [-0.2, -0.15) is 0 Å². The molecular formula is C18H25N3O2S. The Hall–Kier alpha value is -1.82. The number of rotatable bonds is 7. The highest BCUT2D eigenvalue weighted by Gasteiger charge is 2.15. The fraction of sp³-hybridized carbons (Fsp3) is 0.500. The third-order valence-corrected chi connectivity index (χ3v) is 4.62. The van der Waals surface area contributed by atoms with Crippen LogP contribution in [0.25, 0.3) is 10.9 Å². The maximum atomic E-state index is 12.7. The number of thioether (sulfide) groups is 1. The van der Waals surface area contributed by atoms with Crippen molar-refractivity contribution in [2.45, 2.75) is 45.3 Å². The van der Waals surface area contributed by atoms with Gasteiger partial charge < -0.3 is 5.32 Å². The molecule has 0 aliphatic heterocycles. The molecule has 0 radical (unpaired) electrons. The first-order valence-corrected chi connectivity index (χ1v) is 9.29. The van der Waals surface area contributed by atoms with Gasteiger partial charge in [0.2, 0.25) is 5.91 Å². The number of hydrogen-bond acceptors (Lipinski definition) is 4. The Morgan fingerprint density at radius 2 is 1.96 bits per heavy atom. The van der Waals surface area contributed by atoms with Crippen LogP contribution in [0.3, 0.4) is 0 Å². The molecule has 5 nitrogen and oxygen atoms in total. The van der Waals surface area contributed by atoms with E-state index in [1.807, 2.05) is 32.0 Å². The molecule has 0 bridgehead atoms. The van der Waals surface area contributed by atoms with Gasteiger partial charge in [-0.1, -0.05) is 37.7 Å². The number of hydrogen-bond donors (Lipinski definition) is 1. The second kappa shape index (κ2) is 8.33. The minimum Gasteiger partial charge on any atom is -0.355 e. The van der Waals surface area contributed by atoms with E-state index in [2.05, 4.69) is 24.1 Å². The van der Waals surface area contributed by atoms with E-state index in [-0.39, 0.29) is 23.3 Å². The SMILES string of the molecule is CC(C)CCNC(=O)CSc1nc2ccccc2c(=O)n1C(C)C. The average Bonchev–Trinajstić information content (AvgIpc) is 2.52.